The second kappa shape index (κ2) is 5.56. The number of halogens is 2. The SMILES string of the molecule is CC(NC(=O)C1CC(F)(F)CN1)c1ccc2c(c1)CC(=O)N2C. The summed E-state index contributed by atoms with van der Waals surface area (Å²) in [4.78, 5) is 25.4. The van der Waals surface area contributed by atoms with E-state index in [1.54, 1.807) is 18.9 Å². The Morgan fingerprint density at radius 3 is 2.87 bits per heavy atom. The van der Waals surface area contributed by atoms with Gasteiger partial charge in [-0.05, 0) is 24.1 Å². The van der Waals surface area contributed by atoms with Gasteiger partial charge in [-0.1, -0.05) is 12.1 Å². The van der Waals surface area contributed by atoms with Crippen LogP contribution in [0.25, 0.3) is 0 Å². The molecule has 7 heteroatoms. The first-order valence-electron chi connectivity index (χ1n) is 7.58. The van der Waals surface area contributed by atoms with Crippen LogP contribution in [0.2, 0.25) is 0 Å². The van der Waals surface area contributed by atoms with Gasteiger partial charge in [-0.15, -0.1) is 0 Å². The van der Waals surface area contributed by atoms with E-state index in [2.05, 4.69) is 10.6 Å². The maximum Gasteiger partial charge on any atom is 0.262 e. The molecule has 0 aliphatic carbocycles. The number of likely N-dealkylation sites (N-methyl/N-ethyl adjacent to an activating group) is 1. The molecule has 2 atom stereocenters. The van der Waals surface area contributed by atoms with Crippen molar-refractivity contribution in [1.29, 1.82) is 0 Å². The number of nitrogens with one attached hydrogen (secondary N) is 2. The van der Waals surface area contributed by atoms with Crippen molar-refractivity contribution in [2.45, 2.75) is 37.8 Å². The smallest absolute Gasteiger partial charge is 0.262 e. The van der Waals surface area contributed by atoms with E-state index in [4.69, 9.17) is 0 Å². The van der Waals surface area contributed by atoms with E-state index in [0.29, 0.717) is 6.42 Å². The van der Waals surface area contributed by atoms with Crippen molar-refractivity contribution >= 4 is 17.5 Å². The summed E-state index contributed by atoms with van der Waals surface area (Å²) in [6.07, 6.45) is -0.133. The predicted octanol–water partition coefficient (Wildman–Crippen LogP) is 1.38. The number of carbonyl (C=O) groups excluding carboxylic acids is 2. The zero-order chi connectivity index (χ0) is 16.8. The molecule has 0 aromatic heterocycles. The van der Waals surface area contributed by atoms with Gasteiger partial charge in [0.05, 0.1) is 25.0 Å². The van der Waals surface area contributed by atoms with Crippen LogP contribution in [0.5, 0.6) is 0 Å². The maximum atomic E-state index is 13.2. The van der Waals surface area contributed by atoms with E-state index in [0.717, 1.165) is 16.8 Å². The largest absolute Gasteiger partial charge is 0.348 e. The highest BCUT2D eigenvalue weighted by molar-refractivity contribution is 6.00. The molecule has 2 amide bonds. The second-order valence-corrected chi connectivity index (χ2v) is 6.24. The summed E-state index contributed by atoms with van der Waals surface area (Å²) < 4.78 is 26.3. The molecular weight excluding hydrogens is 304 g/mol. The van der Waals surface area contributed by atoms with Gasteiger partial charge in [0.2, 0.25) is 11.8 Å². The standard InChI is InChI=1S/C16H19F2N3O2/c1-9(20-15(23)12-7-16(17,18)8-19-12)10-3-4-13-11(5-10)6-14(22)21(13)2/h3-5,9,12,19H,6-8H2,1-2H3,(H,20,23). The lowest BCUT2D eigenvalue weighted by Crippen LogP contribution is -2.41. The third-order valence-corrected chi connectivity index (χ3v) is 4.47. The van der Waals surface area contributed by atoms with Crippen molar-refractivity contribution in [1.82, 2.24) is 10.6 Å². The van der Waals surface area contributed by atoms with Crippen molar-refractivity contribution in [3.63, 3.8) is 0 Å². The summed E-state index contributed by atoms with van der Waals surface area (Å²) in [6.45, 7) is 1.33. The van der Waals surface area contributed by atoms with Crippen LogP contribution in [0.1, 0.15) is 30.5 Å². The summed E-state index contributed by atoms with van der Waals surface area (Å²) in [6, 6.07) is 4.40. The zero-order valence-corrected chi connectivity index (χ0v) is 13.0. The number of fused-ring (bicyclic) bond motifs is 1. The van der Waals surface area contributed by atoms with E-state index < -0.39 is 30.8 Å². The average molecular weight is 323 g/mol. The molecule has 5 nitrogen and oxygen atoms in total. The van der Waals surface area contributed by atoms with Crippen molar-refractivity contribution in [2.75, 3.05) is 18.5 Å². The van der Waals surface area contributed by atoms with Crippen molar-refractivity contribution < 1.29 is 18.4 Å². The fourth-order valence-electron chi connectivity index (χ4n) is 3.06. The van der Waals surface area contributed by atoms with Gasteiger partial charge in [-0.3, -0.25) is 14.9 Å². The molecule has 1 fully saturated rings. The van der Waals surface area contributed by atoms with Crippen LogP contribution < -0.4 is 15.5 Å². The van der Waals surface area contributed by atoms with Crippen molar-refractivity contribution in [2.24, 2.45) is 0 Å². The molecule has 2 aliphatic rings. The van der Waals surface area contributed by atoms with E-state index in [9.17, 15) is 18.4 Å². The molecule has 1 aromatic rings. The van der Waals surface area contributed by atoms with Crippen LogP contribution in [0.4, 0.5) is 14.5 Å². The average Bonchev–Trinajstić information content (AvgIpc) is 2.99. The van der Waals surface area contributed by atoms with Crippen LogP contribution in [0.3, 0.4) is 0 Å². The second-order valence-electron chi connectivity index (χ2n) is 6.24. The van der Waals surface area contributed by atoms with Gasteiger partial charge in [0.1, 0.15) is 0 Å². The molecule has 2 heterocycles. The molecular formula is C16H19F2N3O2. The van der Waals surface area contributed by atoms with E-state index in [1.807, 2.05) is 18.2 Å². The molecule has 1 aromatic carbocycles. The Kier molecular flexibility index (Phi) is 3.83. The number of nitrogens with zero attached hydrogens (tertiary/aromatic N) is 1. The molecule has 1 saturated heterocycles. The molecule has 0 radical (unpaired) electrons. The monoisotopic (exact) mass is 323 g/mol. The van der Waals surface area contributed by atoms with Gasteiger partial charge in [0.15, 0.2) is 0 Å². The quantitative estimate of drug-likeness (QED) is 0.883. The van der Waals surface area contributed by atoms with Crippen LogP contribution >= 0.6 is 0 Å². The molecule has 3 rings (SSSR count). The number of carbonyl (C=O) groups is 2. The summed E-state index contributed by atoms with van der Waals surface area (Å²) >= 11 is 0. The minimum absolute atomic E-state index is 0.0335. The number of alkyl halides is 2. The minimum Gasteiger partial charge on any atom is -0.348 e. The minimum atomic E-state index is -2.83. The molecule has 0 bridgehead atoms. The highest BCUT2D eigenvalue weighted by Crippen LogP contribution is 2.30. The number of hydrogen-bond donors (Lipinski definition) is 2. The van der Waals surface area contributed by atoms with Gasteiger partial charge < -0.3 is 10.2 Å². The third kappa shape index (κ3) is 3.06. The summed E-state index contributed by atoms with van der Waals surface area (Å²) in [5, 5.41) is 5.30. The fraction of sp³-hybridized carbons (Fsp3) is 0.500. The van der Waals surface area contributed by atoms with Gasteiger partial charge >= 0.3 is 0 Å². The van der Waals surface area contributed by atoms with Crippen molar-refractivity contribution in [3.05, 3.63) is 29.3 Å². The number of benzene rings is 1. The number of hydrogen-bond acceptors (Lipinski definition) is 3. The van der Waals surface area contributed by atoms with Crippen LogP contribution in [0.15, 0.2) is 18.2 Å². The van der Waals surface area contributed by atoms with Crippen LogP contribution in [-0.2, 0) is 16.0 Å². The molecule has 23 heavy (non-hydrogen) atoms. The highest BCUT2D eigenvalue weighted by atomic mass is 19.3. The van der Waals surface area contributed by atoms with Crippen LogP contribution in [-0.4, -0.2) is 37.4 Å². The molecule has 0 saturated carbocycles. The number of rotatable bonds is 3. The lowest BCUT2D eigenvalue weighted by molar-refractivity contribution is -0.124. The topological polar surface area (TPSA) is 61.4 Å². The molecule has 2 aliphatic heterocycles. The van der Waals surface area contributed by atoms with Gasteiger partial charge in [0, 0.05) is 19.2 Å². The fourth-order valence-corrected chi connectivity index (χ4v) is 3.06. The first-order chi connectivity index (χ1) is 10.8. The maximum absolute atomic E-state index is 13.2. The lowest BCUT2D eigenvalue weighted by Gasteiger charge is -2.18. The number of amides is 2. The molecule has 2 unspecified atom stereocenters. The van der Waals surface area contributed by atoms with Gasteiger partial charge in [-0.2, -0.15) is 0 Å². The molecule has 0 spiro atoms. The highest BCUT2D eigenvalue weighted by Gasteiger charge is 2.42. The van der Waals surface area contributed by atoms with Gasteiger partial charge in [-0.25, -0.2) is 8.78 Å². The van der Waals surface area contributed by atoms with Gasteiger partial charge in [0.25, 0.3) is 5.92 Å². The normalized spacial score (nSPS) is 23.7. The predicted molar refractivity (Wildman–Crippen MR) is 81.5 cm³/mol. The summed E-state index contributed by atoms with van der Waals surface area (Å²) in [7, 11) is 1.73. The zero-order valence-electron chi connectivity index (χ0n) is 13.0. The third-order valence-electron chi connectivity index (χ3n) is 4.47. The van der Waals surface area contributed by atoms with Crippen LogP contribution in [0, 0.1) is 0 Å². The lowest BCUT2D eigenvalue weighted by atomic mass is 10.0. The van der Waals surface area contributed by atoms with Crippen molar-refractivity contribution in [3.8, 4) is 0 Å². The first-order valence-corrected chi connectivity index (χ1v) is 7.58. The Balaban J connectivity index is 1.68. The summed E-state index contributed by atoms with van der Waals surface area (Å²) in [5.74, 6) is -3.22. The first kappa shape index (κ1) is 15.9. The Bertz CT molecular complexity index is 663. The Labute approximate surface area is 133 Å². The molecule has 124 valence electrons. The Morgan fingerprint density at radius 2 is 2.22 bits per heavy atom. The number of anilines is 1. The molecule has 2 N–H and O–H groups in total. The van der Waals surface area contributed by atoms with E-state index in [1.165, 1.54) is 0 Å². The Hall–Kier alpha value is -2.02. The Morgan fingerprint density at radius 1 is 1.48 bits per heavy atom. The van der Waals surface area contributed by atoms with E-state index >= 15 is 0 Å². The van der Waals surface area contributed by atoms with E-state index in [-0.39, 0.29) is 11.9 Å². The summed E-state index contributed by atoms with van der Waals surface area (Å²) in [5.41, 5.74) is 2.64.